The van der Waals surface area contributed by atoms with Crippen LogP contribution in [0.3, 0.4) is 0 Å². The van der Waals surface area contributed by atoms with E-state index in [2.05, 4.69) is 0 Å². The van der Waals surface area contributed by atoms with Crippen molar-refractivity contribution in [2.45, 2.75) is 37.1 Å². The lowest BCUT2D eigenvalue weighted by molar-refractivity contribution is -0.298. The maximum absolute atomic E-state index is 9.79. The predicted octanol–water partition coefficient (Wildman–Crippen LogP) is -0.398. The molecule has 0 aromatic heterocycles. The molecule has 1 aliphatic heterocycles. The van der Waals surface area contributed by atoms with Crippen LogP contribution in [0.2, 0.25) is 0 Å². The van der Waals surface area contributed by atoms with Gasteiger partial charge in [0, 0.05) is 0 Å². The van der Waals surface area contributed by atoms with Gasteiger partial charge in [0.05, 0.1) is 13.2 Å². The van der Waals surface area contributed by atoms with Crippen LogP contribution in [0.4, 0.5) is 0 Å². The molecule has 4 N–H and O–H groups in total. The SMILES string of the molecule is OC[C@H]1O[C@H](OC/C=C/Cc2ccccc2)[C@H](O)[C@@H](O)[C@H]1O. The van der Waals surface area contributed by atoms with Gasteiger partial charge in [0.2, 0.25) is 0 Å². The first-order chi connectivity index (χ1) is 10.6. The molecule has 6 heteroatoms. The van der Waals surface area contributed by atoms with Crippen molar-refractivity contribution in [1.29, 1.82) is 0 Å². The molecule has 22 heavy (non-hydrogen) atoms. The molecule has 0 spiro atoms. The number of aliphatic hydroxyl groups is 4. The Bertz CT molecular complexity index is 461. The van der Waals surface area contributed by atoms with Gasteiger partial charge in [-0.05, 0) is 12.0 Å². The number of rotatable bonds is 6. The van der Waals surface area contributed by atoms with Crippen LogP contribution in [0.25, 0.3) is 0 Å². The van der Waals surface area contributed by atoms with Crippen molar-refractivity contribution in [3.8, 4) is 0 Å². The van der Waals surface area contributed by atoms with E-state index < -0.39 is 37.3 Å². The van der Waals surface area contributed by atoms with Gasteiger partial charge in [-0.3, -0.25) is 0 Å². The topological polar surface area (TPSA) is 99.4 Å². The van der Waals surface area contributed by atoms with Crippen molar-refractivity contribution < 1.29 is 29.9 Å². The summed E-state index contributed by atoms with van der Waals surface area (Å²) in [4.78, 5) is 0. The molecular formula is C16H22O6. The maximum Gasteiger partial charge on any atom is 0.187 e. The zero-order valence-corrected chi connectivity index (χ0v) is 12.2. The molecule has 1 fully saturated rings. The minimum Gasteiger partial charge on any atom is -0.394 e. The van der Waals surface area contributed by atoms with Crippen LogP contribution in [-0.4, -0.2) is 64.3 Å². The van der Waals surface area contributed by atoms with Crippen molar-refractivity contribution in [2.24, 2.45) is 0 Å². The van der Waals surface area contributed by atoms with E-state index in [0.29, 0.717) is 0 Å². The monoisotopic (exact) mass is 310 g/mol. The van der Waals surface area contributed by atoms with Gasteiger partial charge in [-0.2, -0.15) is 0 Å². The average Bonchev–Trinajstić information content (AvgIpc) is 2.55. The zero-order valence-electron chi connectivity index (χ0n) is 12.2. The Labute approximate surface area is 129 Å². The normalized spacial score (nSPS) is 32.5. The van der Waals surface area contributed by atoms with E-state index in [0.717, 1.165) is 6.42 Å². The van der Waals surface area contributed by atoms with Gasteiger partial charge in [-0.1, -0.05) is 42.5 Å². The smallest absolute Gasteiger partial charge is 0.187 e. The second kappa shape index (κ2) is 8.38. The van der Waals surface area contributed by atoms with Crippen LogP contribution in [0, 0.1) is 0 Å². The lowest BCUT2D eigenvalue weighted by Crippen LogP contribution is -2.59. The fourth-order valence-electron chi connectivity index (χ4n) is 2.26. The highest BCUT2D eigenvalue weighted by Gasteiger charge is 2.43. The van der Waals surface area contributed by atoms with E-state index in [-0.39, 0.29) is 6.61 Å². The van der Waals surface area contributed by atoms with Gasteiger partial charge < -0.3 is 29.9 Å². The number of hydrogen-bond donors (Lipinski definition) is 4. The molecule has 0 aliphatic carbocycles. The summed E-state index contributed by atoms with van der Waals surface area (Å²) in [6.45, 7) is -0.274. The number of aliphatic hydroxyl groups excluding tert-OH is 4. The van der Waals surface area contributed by atoms with Crippen LogP contribution in [0.1, 0.15) is 5.56 Å². The average molecular weight is 310 g/mol. The molecule has 0 radical (unpaired) electrons. The standard InChI is InChI=1S/C16H22O6/c17-10-12-13(18)14(19)15(20)16(22-12)21-9-5-4-8-11-6-2-1-3-7-11/h1-7,12-20H,8-10H2/b5-4+/t12-,13+,14+,15-,16+/m1/s1. The third-order valence-corrected chi connectivity index (χ3v) is 3.57. The number of hydrogen-bond acceptors (Lipinski definition) is 6. The Hall–Kier alpha value is -1.28. The molecule has 1 aliphatic rings. The van der Waals surface area contributed by atoms with Gasteiger partial charge in [-0.25, -0.2) is 0 Å². The van der Waals surface area contributed by atoms with Gasteiger partial charge in [0.25, 0.3) is 0 Å². The summed E-state index contributed by atoms with van der Waals surface area (Å²) in [5, 5.41) is 38.1. The number of allylic oxidation sites excluding steroid dienone is 1. The number of benzene rings is 1. The minimum atomic E-state index is -1.41. The molecule has 6 nitrogen and oxygen atoms in total. The lowest BCUT2D eigenvalue weighted by Gasteiger charge is -2.39. The van der Waals surface area contributed by atoms with Crippen LogP contribution >= 0.6 is 0 Å². The fraction of sp³-hybridized carbons (Fsp3) is 0.500. The Kier molecular flexibility index (Phi) is 6.50. The van der Waals surface area contributed by atoms with Crippen molar-refractivity contribution in [3.05, 3.63) is 48.0 Å². The summed E-state index contributed by atoms with van der Waals surface area (Å²) in [7, 11) is 0. The van der Waals surface area contributed by atoms with Crippen molar-refractivity contribution in [1.82, 2.24) is 0 Å². The predicted molar refractivity (Wildman–Crippen MR) is 79.0 cm³/mol. The molecule has 2 rings (SSSR count). The third kappa shape index (κ3) is 4.36. The second-order valence-electron chi connectivity index (χ2n) is 5.19. The maximum atomic E-state index is 9.79. The second-order valence-corrected chi connectivity index (χ2v) is 5.19. The summed E-state index contributed by atoms with van der Waals surface area (Å²) < 4.78 is 10.6. The van der Waals surface area contributed by atoms with Crippen LogP contribution < -0.4 is 0 Å². The summed E-state index contributed by atoms with van der Waals surface area (Å²) in [5.74, 6) is 0. The highest BCUT2D eigenvalue weighted by Crippen LogP contribution is 2.21. The van der Waals surface area contributed by atoms with Gasteiger partial charge in [-0.15, -0.1) is 0 Å². The fourth-order valence-corrected chi connectivity index (χ4v) is 2.26. The molecule has 0 amide bonds. The van der Waals surface area contributed by atoms with Crippen molar-refractivity contribution in [2.75, 3.05) is 13.2 Å². The highest BCUT2D eigenvalue weighted by atomic mass is 16.7. The molecule has 1 aromatic rings. The Morgan fingerprint density at radius 2 is 1.73 bits per heavy atom. The Balaban J connectivity index is 1.78. The molecule has 1 aromatic carbocycles. The largest absolute Gasteiger partial charge is 0.394 e. The van der Waals surface area contributed by atoms with Crippen LogP contribution in [-0.2, 0) is 15.9 Å². The summed E-state index contributed by atoms with van der Waals surface area (Å²) in [5.41, 5.74) is 1.17. The van der Waals surface area contributed by atoms with E-state index in [9.17, 15) is 15.3 Å². The summed E-state index contributed by atoms with van der Waals surface area (Å²) in [6.07, 6.45) is -1.70. The van der Waals surface area contributed by atoms with Crippen LogP contribution in [0.5, 0.6) is 0 Å². The summed E-state index contributed by atoms with van der Waals surface area (Å²) in [6, 6.07) is 9.92. The van der Waals surface area contributed by atoms with Crippen molar-refractivity contribution in [3.63, 3.8) is 0 Å². The molecular weight excluding hydrogens is 288 g/mol. The first kappa shape index (κ1) is 17.1. The molecule has 1 saturated heterocycles. The van der Waals surface area contributed by atoms with E-state index in [4.69, 9.17) is 14.6 Å². The Morgan fingerprint density at radius 3 is 2.41 bits per heavy atom. The van der Waals surface area contributed by atoms with E-state index in [1.54, 1.807) is 6.08 Å². The number of ether oxygens (including phenoxy) is 2. The quantitative estimate of drug-likeness (QED) is 0.534. The first-order valence-electron chi connectivity index (χ1n) is 7.24. The van der Waals surface area contributed by atoms with Gasteiger partial charge in [0.1, 0.15) is 24.4 Å². The highest BCUT2D eigenvalue weighted by molar-refractivity contribution is 5.17. The molecule has 0 saturated carbocycles. The van der Waals surface area contributed by atoms with Crippen molar-refractivity contribution >= 4 is 0 Å². The first-order valence-corrected chi connectivity index (χ1v) is 7.24. The molecule has 122 valence electrons. The third-order valence-electron chi connectivity index (χ3n) is 3.57. The van der Waals surface area contributed by atoms with E-state index in [1.807, 2.05) is 36.4 Å². The van der Waals surface area contributed by atoms with E-state index in [1.165, 1.54) is 5.56 Å². The molecule has 0 bridgehead atoms. The van der Waals surface area contributed by atoms with Crippen LogP contribution in [0.15, 0.2) is 42.5 Å². The minimum absolute atomic E-state index is 0.190. The lowest BCUT2D eigenvalue weighted by atomic mass is 9.99. The van der Waals surface area contributed by atoms with Gasteiger partial charge in [0.15, 0.2) is 6.29 Å². The van der Waals surface area contributed by atoms with Gasteiger partial charge >= 0.3 is 0 Å². The molecule has 5 atom stereocenters. The summed E-state index contributed by atoms with van der Waals surface area (Å²) >= 11 is 0. The zero-order chi connectivity index (χ0) is 15.9. The molecule has 0 unspecified atom stereocenters. The van der Waals surface area contributed by atoms with E-state index >= 15 is 0 Å². The molecule has 1 heterocycles. The Morgan fingerprint density at radius 1 is 1.00 bits per heavy atom.